The van der Waals surface area contributed by atoms with Crippen molar-refractivity contribution in [2.24, 2.45) is 0 Å². The van der Waals surface area contributed by atoms with Gasteiger partial charge in [0.1, 0.15) is 11.5 Å². The zero-order valence-corrected chi connectivity index (χ0v) is 29.6. The highest BCUT2D eigenvalue weighted by Crippen LogP contribution is 2.59. The number of benzene rings is 8. The van der Waals surface area contributed by atoms with Crippen molar-refractivity contribution in [3.63, 3.8) is 0 Å². The molecule has 3 aliphatic rings. The van der Waals surface area contributed by atoms with E-state index >= 15 is 0 Å². The van der Waals surface area contributed by atoms with E-state index in [-0.39, 0.29) is 12.1 Å². The minimum atomic E-state index is -0.363. The summed E-state index contributed by atoms with van der Waals surface area (Å²) >= 11 is 0. The lowest BCUT2D eigenvalue weighted by Gasteiger charge is -2.41. The second kappa shape index (κ2) is 11.2. The smallest absolute Gasteiger partial charge is 0.256 e. The number of anilines is 6. The van der Waals surface area contributed by atoms with Crippen LogP contribution in [0.1, 0.15) is 25.0 Å². The number of ether oxygens (including phenoxy) is 1. The van der Waals surface area contributed by atoms with Crippen LogP contribution in [0.4, 0.5) is 34.1 Å². The van der Waals surface area contributed by atoms with Crippen LogP contribution in [-0.4, -0.2) is 6.71 Å². The van der Waals surface area contributed by atoms with Crippen molar-refractivity contribution < 1.29 is 4.74 Å². The predicted molar refractivity (Wildman–Crippen MR) is 222 cm³/mol. The van der Waals surface area contributed by atoms with Gasteiger partial charge in [-0.2, -0.15) is 0 Å². The lowest BCUT2D eigenvalue weighted by Crippen LogP contribution is -2.59. The van der Waals surface area contributed by atoms with Crippen LogP contribution in [0.2, 0.25) is 0 Å². The van der Waals surface area contributed by atoms with E-state index < -0.39 is 0 Å². The Kier molecular flexibility index (Phi) is 6.39. The normalized spacial score (nSPS) is 14.1. The molecule has 8 aromatic rings. The Balaban J connectivity index is 1.24. The van der Waals surface area contributed by atoms with Gasteiger partial charge in [0.2, 0.25) is 0 Å². The van der Waals surface area contributed by atoms with Gasteiger partial charge >= 0.3 is 0 Å². The van der Waals surface area contributed by atoms with Gasteiger partial charge in [-0.1, -0.05) is 129 Å². The summed E-state index contributed by atoms with van der Waals surface area (Å²) in [5, 5.41) is 2.45. The standard InChI is InChI=1S/C49H35BN2O/c1-49(2)38-31-42(51(32-18-6-3-7-19-32)33-20-8-4-9-21-33)35-24-12-13-25-36(35)45(38)37-30-43-47-48(46(37)49)53-44-29-17-15-27-40(44)50(47)39-26-14-16-28-41(39)52(43)34-22-10-5-11-23-34/h3-31H,1-2H3. The van der Waals surface area contributed by atoms with Gasteiger partial charge in [0, 0.05) is 44.8 Å². The van der Waals surface area contributed by atoms with Crippen molar-refractivity contribution in [3.05, 3.63) is 187 Å². The van der Waals surface area contributed by atoms with Gasteiger partial charge in [-0.05, 0) is 99.1 Å². The minimum absolute atomic E-state index is 0.0462. The molecule has 0 spiro atoms. The molecule has 250 valence electrons. The quantitative estimate of drug-likeness (QED) is 0.172. The largest absolute Gasteiger partial charge is 0.458 e. The molecule has 0 N–H and O–H groups in total. The van der Waals surface area contributed by atoms with Crippen molar-refractivity contribution >= 4 is 68.0 Å². The molecule has 0 saturated carbocycles. The summed E-state index contributed by atoms with van der Waals surface area (Å²) in [7, 11) is 0. The lowest BCUT2D eigenvalue weighted by atomic mass is 9.34. The summed E-state index contributed by atoms with van der Waals surface area (Å²) < 4.78 is 7.22. The molecule has 8 aromatic carbocycles. The molecule has 2 aliphatic heterocycles. The molecule has 0 fully saturated rings. The summed E-state index contributed by atoms with van der Waals surface area (Å²) in [4.78, 5) is 4.86. The third-order valence-corrected chi connectivity index (χ3v) is 11.6. The Labute approximate surface area is 310 Å². The topological polar surface area (TPSA) is 15.7 Å². The fraction of sp³-hybridized carbons (Fsp3) is 0.0612. The average molecular weight is 679 g/mol. The monoisotopic (exact) mass is 678 g/mol. The first-order valence-corrected chi connectivity index (χ1v) is 18.5. The number of hydrogen-bond acceptors (Lipinski definition) is 3. The molecule has 0 bridgehead atoms. The predicted octanol–water partition coefficient (Wildman–Crippen LogP) is 11.0. The van der Waals surface area contributed by atoms with Crippen molar-refractivity contribution in [2.75, 3.05) is 9.80 Å². The lowest BCUT2D eigenvalue weighted by molar-refractivity contribution is 0.469. The van der Waals surface area contributed by atoms with Gasteiger partial charge in [0.25, 0.3) is 6.71 Å². The van der Waals surface area contributed by atoms with E-state index in [2.05, 4.69) is 200 Å². The second-order valence-corrected chi connectivity index (χ2v) is 14.9. The summed E-state index contributed by atoms with van der Waals surface area (Å²) in [5.74, 6) is 1.93. The van der Waals surface area contributed by atoms with Gasteiger partial charge in [-0.15, -0.1) is 0 Å². The molecule has 0 radical (unpaired) electrons. The van der Waals surface area contributed by atoms with E-state index in [1.165, 1.54) is 66.5 Å². The van der Waals surface area contributed by atoms with E-state index in [0.717, 1.165) is 28.6 Å². The number of hydrogen-bond donors (Lipinski definition) is 0. The second-order valence-electron chi connectivity index (χ2n) is 14.9. The molecule has 11 rings (SSSR count). The van der Waals surface area contributed by atoms with E-state index in [9.17, 15) is 0 Å². The Hall–Kier alpha value is -6.52. The average Bonchev–Trinajstić information content (AvgIpc) is 3.44. The van der Waals surface area contributed by atoms with E-state index in [4.69, 9.17) is 4.74 Å². The summed E-state index contributed by atoms with van der Waals surface area (Å²) in [5.41, 5.74) is 15.4. The van der Waals surface area contributed by atoms with E-state index in [0.29, 0.717) is 0 Å². The molecular formula is C49H35BN2O. The first-order valence-electron chi connectivity index (χ1n) is 18.5. The maximum Gasteiger partial charge on any atom is 0.256 e. The Bertz CT molecular complexity index is 2700. The molecule has 1 aliphatic carbocycles. The minimum Gasteiger partial charge on any atom is -0.458 e. The van der Waals surface area contributed by atoms with Crippen LogP contribution in [0.5, 0.6) is 11.5 Å². The molecule has 0 unspecified atom stereocenters. The van der Waals surface area contributed by atoms with E-state index in [1.54, 1.807) is 0 Å². The zero-order valence-electron chi connectivity index (χ0n) is 29.6. The third kappa shape index (κ3) is 4.24. The molecule has 3 nitrogen and oxygen atoms in total. The molecular weight excluding hydrogens is 643 g/mol. The summed E-state index contributed by atoms with van der Waals surface area (Å²) in [6, 6.07) is 63.7. The summed E-state index contributed by atoms with van der Waals surface area (Å²) in [6.07, 6.45) is 0. The molecule has 0 saturated heterocycles. The van der Waals surface area contributed by atoms with Crippen LogP contribution in [0, 0.1) is 0 Å². The SMILES string of the molecule is CC1(C)c2cc(N(c3ccccc3)c3ccccc3)c3ccccc3c2-c2cc3c4c(c21)Oc1ccccc1B4c1ccccc1N3c1ccccc1. The number of nitrogens with zero attached hydrogens (tertiary/aromatic N) is 2. The third-order valence-electron chi connectivity index (χ3n) is 11.6. The van der Waals surface area contributed by atoms with Crippen LogP contribution in [0.3, 0.4) is 0 Å². The molecule has 0 amide bonds. The number of para-hydroxylation sites is 5. The van der Waals surface area contributed by atoms with Crippen molar-refractivity contribution in [2.45, 2.75) is 19.3 Å². The molecule has 53 heavy (non-hydrogen) atoms. The Morgan fingerprint density at radius 1 is 0.566 bits per heavy atom. The fourth-order valence-corrected chi connectivity index (χ4v) is 9.41. The number of rotatable bonds is 4. The molecule has 0 atom stereocenters. The number of fused-ring (bicyclic) bond motifs is 10. The van der Waals surface area contributed by atoms with Gasteiger partial charge in [-0.3, -0.25) is 0 Å². The van der Waals surface area contributed by atoms with Gasteiger partial charge in [-0.25, -0.2) is 0 Å². The Morgan fingerprint density at radius 3 is 1.87 bits per heavy atom. The van der Waals surface area contributed by atoms with Crippen LogP contribution in [0.15, 0.2) is 176 Å². The maximum atomic E-state index is 7.22. The van der Waals surface area contributed by atoms with Gasteiger partial charge in [0.15, 0.2) is 0 Å². The highest BCUT2D eigenvalue weighted by atomic mass is 16.5. The first-order chi connectivity index (χ1) is 26.1. The van der Waals surface area contributed by atoms with Crippen molar-refractivity contribution in [3.8, 4) is 22.6 Å². The van der Waals surface area contributed by atoms with Crippen LogP contribution < -0.4 is 30.9 Å². The highest BCUT2D eigenvalue weighted by Gasteiger charge is 2.48. The van der Waals surface area contributed by atoms with Crippen LogP contribution in [-0.2, 0) is 5.41 Å². The maximum absolute atomic E-state index is 7.22. The molecule has 2 heterocycles. The molecule has 4 heteroatoms. The van der Waals surface area contributed by atoms with Gasteiger partial charge in [0.05, 0.1) is 5.69 Å². The Morgan fingerprint density at radius 2 is 1.15 bits per heavy atom. The molecule has 0 aromatic heterocycles. The fourth-order valence-electron chi connectivity index (χ4n) is 9.41. The first kappa shape index (κ1) is 30.1. The summed E-state index contributed by atoms with van der Waals surface area (Å²) in [6.45, 7) is 4.82. The van der Waals surface area contributed by atoms with Crippen LogP contribution >= 0.6 is 0 Å². The highest BCUT2D eigenvalue weighted by molar-refractivity contribution is 6.99. The zero-order chi connectivity index (χ0) is 35.3. The van der Waals surface area contributed by atoms with Gasteiger partial charge < -0.3 is 14.5 Å². The van der Waals surface area contributed by atoms with E-state index in [1.807, 2.05) is 0 Å². The van der Waals surface area contributed by atoms with Crippen molar-refractivity contribution in [1.29, 1.82) is 0 Å². The van der Waals surface area contributed by atoms with Crippen LogP contribution in [0.25, 0.3) is 21.9 Å². The van der Waals surface area contributed by atoms with Crippen molar-refractivity contribution in [1.82, 2.24) is 0 Å².